The highest BCUT2D eigenvalue weighted by molar-refractivity contribution is 7.99. The zero-order valence-corrected chi connectivity index (χ0v) is 13.0. The Kier molecular flexibility index (Phi) is 5.25. The molecule has 0 spiro atoms. The predicted octanol–water partition coefficient (Wildman–Crippen LogP) is 2.28. The number of aliphatic carboxylic acids is 1. The standard InChI is InChI=1S/C13H13ClN2O5S/c14-8-1-2-10(11(5-8)16(20)21)13(19)15-3-4-22-7-9(15)6-12(17)18/h1-2,5,9H,3-4,6-7H2,(H,17,18). The van der Waals surface area contributed by atoms with Crippen molar-refractivity contribution >= 4 is 40.9 Å². The molecule has 118 valence electrons. The summed E-state index contributed by atoms with van der Waals surface area (Å²) in [5.41, 5.74) is -0.443. The molecule has 1 fully saturated rings. The molecule has 0 aromatic heterocycles. The first kappa shape index (κ1) is 16.6. The van der Waals surface area contributed by atoms with Crippen molar-refractivity contribution in [2.45, 2.75) is 12.5 Å². The van der Waals surface area contributed by atoms with E-state index in [2.05, 4.69) is 0 Å². The van der Waals surface area contributed by atoms with Gasteiger partial charge in [-0.1, -0.05) is 11.6 Å². The molecule has 0 bridgehead atoms. The first-order chi connectivity index (χ1) is 10.4. The summed E-state index contributed by atoms with van der Waals surface area (Å²) in [5, 5.41) is 20.2. The number of carboxylic acid groups (broad SMARTS) is 1. The highest BCUT2D eigenvalue weighted by Crippen LogP contribution is 2.27. The fourth-order valence-corrected chi connectivity index (χ4v) is 3.51. The Morgan fingerprint density at radius 1 is 1.50 bits per heavy atom. The van der Waals surface area contributed by atoms with Crippen molar-refractivity contribution in [1.29, 1.82) is 0 Å². The van der Waals surface area contributed by atoms with Gasteiger partial charge < -0.3 is 10.0 Å². The summed E-state index contributed by atoms with van der Waals surface area (Å²) >= 11 is 7.30. The van der Waals surface area contributed by atoms with Crippen LogP contribution in [0.1, 0.15) is 16.8 Å². The second kappa shape index (κ2) is 6.97. The molecule has 2 rings (SSSR count). The Morgan fingerprint density at radius 2 is 2.23 bits per heavy atom. The van der Waals surface area contributed by atoms with Gasteiger partial charge in [0.15, 0.2) is 0 Å². The van der Waals surface area contributed by atoms with Crippen molar-refractivity contribution in [2.75, 3.05) is 18.1 Å². The Morgan fingerprint density at radius 3 is 2.86 bits per heavy atom. The average molecular weight is 345 g/mol. The average Bonchev–Trinajstić information content (AvgIpc) is 2.46. The summed E-state index contributed by atoms with van der Waals surface area (Å²) in [6.45, 7) is 0.362. The van der Waals surface area contributed by atoms with Gasteiger partial charge in [0.25, 0.3) is 11.6 Å². The summed E-state index contributed by atoms with van der Waals surface area (Å²) in [6, 6.07) is 3.37. The maximum absolute atomic E-state index is 12.6. The van der Waals surface area contributed by atoms with E-state index in [0.717, 1.165) is 6.07 Å². The quantitative estimate of drug-likeness (QED) is 0.664. The molecule has 1 atom stereocenters. The van der Waals surface area contributed by atoms with Crippen LogP contribution >= 0.6 is 23.4 Å². The van der Waals surface area contributed by atoms with E-state index in [0.29, 0.717) is 18.1 Å². The fraction of sp³-hybridized carbons (Fsp3) is 0.385. The van der Waals surface area contributed by atoms with Gasteiger partial charge in [0.2, 0.25) is 0 Å². The first-order valence-corrected chi connectivity index (χ1v) is 7.98. The monoisotopic (exact) mass is 344 g/mol. The molecular weight excluding hydrogens is 332 g/mol. The molecule has 1 aliphatic rings. The van der Waals surface area contributed by atoms with Gasteiger partial charge in [0, 0.05) is 29.1 Å². The summed E-state index contributed by atoms with van der Waals surface area (Å²) in [5.74, 6) is -0.367. The number of halogens is 1. The van der Waals surface area contributed by atoms with Crippen molar-refractivity contribution in [1.82, 2.24) is 4.90 Å². The Balaban J connectivity index is 2.33. The van der Waals surface area contributed by atoms with Crippen LogP contribution in [0.25, 0.3) is 0 Å². The van der Waals surface area contributed by atoms with Gasteiger partial charge in [-0.25, -0.2) is 0 Å². The smallest absolute Gasteiger partial charge is 0.305 e. The van der Waals surface area contributed by atoms with Crippen molar-refractivity contribution in [3.05, 3.63) is 38.9 Å². The van der Waals surface area contributed by atoms with Crippen LogP contribution in [0.2, 0.25) is 5.02 Å². The molecule has 22 heavy (non-hydrogen) atoms. The second-order valence-electron chi connectivity index (χ2n) is 4.74. The normalized spacial score (nSPS) is 18.0. The van der Waals surface area contributed by atoms with Crippen LogP contribution in [0, 0.1) is 10.1 Å². The van der Waals surface area contributed by atoms with Crippen LogP contribution < -0.4 is 0 Å². The van der Waals surface area contributed by atoms with E-state index in [4.69, 9.17) is 16.7 Å². The van der Waals surface area contributed by atoms with Crippen LogP contribution in [-0.4, -0.2) is 50.9 Å². The molecule has 1 N–H and O–H groups in total. The topological polar surface area (TPSA) is 101 Å². The van der Waals surface area contributed by atoms with Gasteiger partial charge in [-0.05, 0) is 12.1 Å². The number of carbonyl (C=O) groups is 2. The summed E-state index contributed by atoms with van der Waals surface area (Å²) < 4.78 is 0. The Bertz CT molecular complexity index is 624. The number of benzene rings is 1. The number of hydrogen-bond donors (Lipinski definition) is 1. The lowest BCUT2D eigenvalue weighted by molar-refractivity contribution is -0.385. The molecule has 0 radical (unpaired) electrons. The van der Waals surface area contributed by atoms with Gasteiger partial charge in [0.1, 0.15) is 5.56 Å². The van der Waals surface area contributed by atoms with Crippen LogP contribution in [0.15, 0.2) is 18.2 Å². The zero-order chi connectivity index (χ0) is 16.3. The molecule has 7 nitrogen and oxygen atoms in total. The highest BCUT2D eigenvalue weighted by atomic mass is 35.5. The zero-order valence-electron chi connectivity index (χ0n) is 11.4. The first-order valence-electron chi connectivity index (χ1n) is 6.44. The third-order valence-corrected chi connectivity index (χ3v) is 4.61. The van der Waals surface area contributed by atoms with Crippen LogP contribution in [0.3, 0.4) is 0 Å². The van der Waals surface area contributed by atoms with E-state index >= 15 is 0 Å². The summed E-state index contributed by atoms with van der Waals surface area (Å²) in [7, 11) is 0. The van der Waals surface area contributed by atoms with Gasteiger partial charge in [0.05, 0.1) is 17.4 Å². The molecular formula is C13H13ClN2O5S. The van der Waals surface area contributed by atoms with Gasteiger partial charge in [-0.3, -0.25) is 19.7 Å². The largest absolute Gasteiger partial charge is 0.481 e. The van der Waals surface area contributed by atoms with Crippen molar-refractivity contribution < 1.29 is 19.6 Å². The van der Waals surface area contributed by atoms with Crippen molar-refractivity contribution in [3.63, 3.8) is 0 Å². The molecule has 1 heterocycles. The van der Waals surface area contributed by atoms with Gasteiger partial charge >= 0.3 is 5.97 Å². The number of amides is 1. The molecule has 1 amide bonds. The van der Waals surface area contributed by atoms with E-state index < -0.39 is 22.8 Å². The lowest BCUT2D eigenvalue weighted by Gasteiger charge is -2.34. The number of rotatable bonds is 4. The number of nitro benzene ring substituents is 1. The van der Waals surface area contributed by atoms with E-state index in [1.54, 1.807) is 11.8 Å². The minimum atomic E-state index is -1.00. The second-order valence-corrected chi connectivity index (χ2v) is 6.33. The molecule has 1 aromatic rings. The number of carbonyl (C=O) groups excluding carboxylic acids is 1. The summed E-state index contributed by atoms with van der Waals surface area (Å²) in [4.78, 5) is 35.4. The maximum atomic E-state index is 12.6. The van der Waals surface area contributed by atoms with E-state index in [9.17, 15) is 19.7 Å². The van der Waals surface area contributed by atoms with Gasteiger partial charge in [-0.15, -0.1) is 0 Å². The molecule has 9 heteroatoms. The SMILES string of the molecule is O=C(O)CC1CSCCN1C(=O)c1ccc(Cl)cc1[N+](=O)[O-]. The molecule has 1 saturated heterocycles. The predicted molar refractivity (Wildman–Crippen MR) is 82.5 cm³/mol. The highest BCUT2D eigenvalue weighted by Gasteiger charge is 2.32. The molecule has 0 aliphatic carbocycles. The van der Waals surface area contributed by atoms with Gasteiger partial charge in [-0.2, -0.15) is 11.8 Å². The number of nitrogens with zero attached hydrogens (tertiary/aromatic N) is 2. The maximum Gasteiger partial charge on any atom is 0.305 e. The van der Waals surface area contributed by atoms with E-state index in [1.165, 1.54) is 17.0 Å². The van der Waals surface area contributed by atoms with Crippen molar-refractivity contribution in [3.8, 4) is 0 Å². The third-order valence-electron chi connectivity index (χ3n) is 3.29. The number of nitro groups is 1. The lowest BCUT2D eigenvalue weighted by Crippen LogP contribution is -2.47. The third kappa shape index (κ3) is 3.69. The molecule has 1 unspecified atom stereocenters. The van der Waals surface area contributed by atoms with Crippen LogP contribution in [0.4, 0.5) is 5.69 Å². The molecule has 1 aromatic carbocycles. The van der Waals surface area contributed by atoms with E-state index in [-0.39, 0.29) is 22.7 Å². The number of thioether (sulfide) groups is 1. The minimum absolute atomic E-state index is 0.0725. The van der Waals surface area contributed by atoms with Crippen LogP contribution in [0.5, 0.6) is 0 Å². The molecule has 0 saturated carbocycles. The minimum Gasteiger partial charge on any atom is -0.481 e. The molecule has 1 aliphatic heterocycles. The number of hydrogen-bond acceptors (Lipinski definition) is 5. The Hall–Kier alpha value is -1.80. The van der Waals surface area contributed by atoms with Crippen LogP contribution in [-0.2, 0) is 4.79 Å². The summed E-state index contributed by atoms with van der Waals surface area (Å²) in [6.07, 6.45) is -0.180. The Labute approximate surface area is 135 Å². The lowest BCUT2D eigenvalue weighted by atomic mass is 10.1. The fourth-order valence-electron chi connectivity index (χ4n) is 2.28. The van der Waals surface area contributed by atoms with Crippen molar-refractivity contribution in [2.24, 2.45) is 0 Å². The van der Waals surface area contributed by atoms with E-state index in [1.807, 2.05) is 0 Å². The number of carboxylic acids is 1.